The average Bonchev–Trinajstić information content (AvgIpc) is 3.84. The quantitative estimate of drug-likeness (QED) is 0.134. The summed E-state index contributed by atoms with van der Waals surface area (Å²) in [6.45, 7) is 14.4. The lowest BCUT2D eigenvalue weighted by Gasteiger charge is -2.35. The Hall–Kier alpha value is -5.34. The molecule has 0 spiro atoms. The van der Waals surface area contributed by atoms with E-state index < -0.39 is 41.0 Å². The third-order valence-corrected chi connectivity index (χ3v) is 12.4. The van der Waals surface area contributed by atoms with E-state index in [0.717, 1.165) is 101 Å². The zero-order valence-electron chi connectivity index (χ0n) is 31.0. The lowest BCUT2D eigenvalue weighted by molar-refractivity contribution is -0.136. The predicted molar refractivity (Wildman–Crippen MR) is 204 cm³/mol. The molecule has 2 saturated carbocycles. The van der Waals surface area contributed by atoms with Gasteiger partial charge in [-0.2, -0.15) is 0 Å². The molecule has 2 aliphatic carbocycles. The molecule has 3 aromatic carbocycles. The summed E-state index contributed by atoms with van der Waals surface area (Å²) in [5.41, 5.74) is 6.66. The molecule has 1 saturated heterocycles. The van der Waals surface area contributed by atoms with Crippen LogP contribution in [0, 0.1) is 45.0 Å². The average molecular weight is 762 g/mol. The molecular weight excluding hydrogens is 721 g/mol. The van der Waals surface area contributed by atoms with Gasteiger partial charge >= 0.3 is 0 Å². The van der Waals surface area contributed by atoms with E-state index in [9.17, 15) is 19.2 Å². The zero-order valence-corrected chi connectivity index (χ0v) is 31.8. The van der Waals surface area contributed by atoms with Crippen molar-refractivity contribution in [1.82, 2.24) is 15.4 Å². The molecule has 1 aromatic heterocycles. The van der Waals surface area contributed by atoms with Crippen molar-refractivity contribution in [2.45, 2.75) is 90.1 Å². The number of piperidine rings is 1. The minimum absolute atomic E-state index is 0.0161. The van der Waals surface area contributed by atoms with Crippen LogP contribution in [0.4, 0.5) is 15.8 Å². The van der Waals surface area contributed by atoms with Crippen molar-refractivity contribution in [3.63, 3.8) is 0 Å². The van der Waals surface area contributed by atoms with Crippen LogP contribution in [0.1, 0.15) is 100 Å². The van der Waals surface area contributed by atoms with Gasteiger partial charge in [0.2, 0.25) is 11.8 Å². The fraction of sp³-hybridized carbons (Fsp3) is 0.395. The number of imide groups is 2. The summed E-state index contributed by atoms with van der Waals surface area (Å²) in [5, 5.41) is 6.97. The molecule has 4 aliphatic rings. The Bertz CT molecular complexity index is 2300. The van der Waals surface area contributed by atoms with Gasteiger partial charge in [-0.05, 0) is 124 Å². The van der Waals surface area contributed by atoms with E-state index in [2.05, 4.69) is 51.4 Å². The van der Waals surface area contributed by atoms with E-state index in [1.54, 1.807) is 0 Å². The molecule has 1 N–H and O–H groups in total. The third kappa shape index (κ3) is 6.60. The first-order valence-corrected chi connectivity index (χ1v) is 19.3. The highest BCUT2D eigenvalue weighted by Crippen LogP contribution is 2.52. The van der Waals surface area contributed by atoms with Gasteiger partial charge in [0.05, 0.1) is 27.4 Å². The number of hydrogen-bond donors (Lipinski definition) is 1. The van der Waals surface area contributed by atoms with Crippen molar-refractivity contribution in [2.24, 2.45) is 11.8 Å². The second kappa shape index (κ2) is 14.1. The molecule has 4 aromatic rings. The van der Waals surface area contributed by atoms with E-state index in [1.807, 2.05) is 26.0 Å². The Morgan fingerprint density at radius 2 is 1.67 bits per heavy atom. The summed E-state index contributed by atoms with van der Waals surface area (Å²) in [6.07, 6.45) is 5.63. The molecule has 4 amide bonds. The number of hydrogen-bond acceptors (Lipinski definition) is 7. The molecule has 1 unspecified atom stereocenters. The molecule has 3 heterocycles. The molecule has 0 radical (unpaired) electrons. The van der Waals surface area contributed by atoms with Gasteiger partial charge in [-0.3, -0.25) is 29.4 Å². The standard InChI is InChI=1S/C43H41ClFN5O5/c1-23-5-10-28(39-24(2)48-55-25(39)3)19-37(23)49(30-11-12-33(34(44)20-30)43(46-4)15-16-43)22-27-8-6-26(7-9-27)17-29-18-31-32(21-35(29)45)42(54)50(41(31)53)36-13-14-38(51)47-40(36)52/h5,10-12,18-21,26-27,36H,6-9,13-17,22H2,1-3H3,(H,47,51,52). The van der Waals surface area contributed by atoms with Crippen LogP contribution in [-0.4, -0.2) is 46.3 Å². The van der Waals surface area contributed by atoms with Crippen molar-refractivity contribution in [2.75, 3.05) is 11.4 Å². The maximum absolute atomic E-state index is 15.6. The van der Waals surface area contributed by atoms with Crippen molar-refractivity contribution in [3.05, 3.63) is 110 Å². The Morgan fingerprint density at radius 3 is 2.31 bits per heavy atom. The number of nitrogens with one attached hydrogen (secondary N) is 1. The molecule has 282 valence electrons. The van der Waals surface area contributed by atoms with Crippen LogP contribution in [-0.2, 0) is 21.5 Å². The van der Waals surface area contributed by atoms with Gasteiger partial charge in [0.1, 0.15) is 17.6 Å². The van der Waals surface area contributed by atoms with E-state index in [-0.39, 0.29) is 29.9 Å². The lowest BCUT2D eigenvalue weighted by atomic mass is 9.78. The number of carbonyl (C=O) groups is 4. The fourth-order valence-electron chi connectivity index (χ4n) is 8.78. The molecule has 55 heavy (non-hydrogen) atoms. The Kier molecular flexibility index (Phi) is 9.36. The molecule has 8 rings (SSSR count). The van der Waals surface area contributed by atoms with Gasteiger partial charge in [-0.15, -0.1) is 0 Å². The topological polar surface area (TPSA) is 117 Å². The summed E-state index contributed by atoms with van der Waals surface area (Å²) >= 11 is 6.93. The SMILES string of the molecule is [C-]#[N+]C1(c2ccc(N(CC3CCC(Cc4cc5c(cc4F)C(=O)N(C4CCC(=O)NC4=O)C5=O)CC3)c3cc(-c4c(C)noc4C)ccc3C)cc2Cl)CC1. The van der Waals surface area contributed by atoms with Gasteiger partial charge in [0.15, 0.2) is 0 Å². The van der Waals surface area contributed by atoms with Gasteiger partial charge in [0, 0.05) is 42.7 Å². The van der Waals surface area contributed by atoms with Crippen LogP contribution in [0.3, 0.4) is 0 Å². The van der Waals surface area contributed by atoms with Gasteiger partial charge in [-0.25, -0.2) is 11.0 Å². The number of benzene rings is 3. The summed E-state index contributed by atoms with van der Waals surface area (Å²) in [4.78, 5) is 57.8. The Morgan fingerprint density at radius 1 is 0.964 bits per heavy atom. The predicted octanol–water partition coefficient (Wildman–Crippen LogP) is 8.56. The zero-order chi connectivity index (χ0) is 38.8. The number of nitrogens with zero attached hydrogens (tertiary/aromatic N) is 4. The highest BCUT2D eigenvalue weighted by molar-refractivity contribution is 6.32. The maximum Gasteiger partial charge on any atom is 0.262 e. The molecule has 10 nitrogen and oxygen atoms in total. The van der Waals surface area contributed by atoms with Crippen molar-refractivity contribution in [1.29, 1.82) is 0 Å². The monoisotopic (exact) mass is 761 g/mol. The normalized spacial score (nSPS) is 21.7. The lowest BCUT2D eigenvalue weighted by Crippen LogP contribution is -2.54. The van der Waals surface area contributed by atoms with Crippen LogP contribution >= 0.6 is 11.6 Å². The van der Waals surface area contributed by atoms with Crippen LogP contribution in [0.2, 0.25) is 5.02 Å². The number of aryl methyl sites for hydroxylation is 3. The first kappa shape index (κ1) is 36.6. The maximum atomic E-state index is 15.6. The van der Waals surface area contributed by atoms with E-state index in [0.29, 0.717) is 22.9 Å². The summed E-state index contributed by atoms with van der Waals surface area (Å²) in [7, 11) is 0. The number of aromatic nitrogens is 1. The Balaban J connectivity index is 1.01. The summed E-state index contributed by atoms with van der Waals surface area (Å²) in [6, 6.07) is 14.0. The van der Waals surface area contributed by atoms with Crippen LogP contribution in [0.25, 0.3) is 16.0 Å². The van der Waals surface area contributed by atoms with Crippen LogP contribution in [0.15, 0.2) is 53.1 Å². The largest absolute Gasteiger partial charge is 0.361 e. The van der Waals surface area contributed by atoms with E-state index in [4.69, 9.17) is 22.7 Å². The summed E-state index contributed by atoms with van der Waals surface area (Å²) in [5.74, 6) is -1.79. The number of halogens is 2. The second-order valence-electron chi connectivity index (χ2n) is 15.6. The third-order valence-electron chi connectivity index (χ3n) is 12.0. The van der Waals surface area contributed by atoms with E-state index >= 15 is 4.39 Å². The van der Waals surface area contributed by atoms with Crippen molar-refractivity contribution >= 4 is 46.6 Å². The fourth-order valence-corrected chi connectivity index (χ4v) is 9.13. The highest BCUT2D eigenvalue weighted by Gasteiger charge is 2.54. The van der Waals surface area contributed by atoms with Crippen LogP contribution in [0.5, 0.6) is 0 Å². The smallest absolute Gasteiger partial charge is 0.262 e. The minimum Gasteiger partial charge on any atom is -0.361 e. The highest BCUT2D eigenvalue weighted by atomic mass is 35.5. The number of amides is 4. The molecule has 12 heteroatoms. The Labute approximate surface area is 323 Å². The van der Waals surface area contributed by atoms with Gasteiger partial charge in [0.25, 0.3) is 17.4 Å². The number of anilines is 2. The first-order valence-electron chi connectivity index (χ1n) is 18.9. The molecule has 1 atom stereocenters. The molecule has 0 bridgehead atoms. The number of fused-ring (bicyclic) bond motifs is 1. The minimum atomic E-state index is -1.10. The summed E-state index contributed by atoms with van der Waals surface area (Å²) < 4.78 is 21.1. The van der Waals surface area contributed by atoms with Gasteiger partial charge in [-0.1, -0.05) is 28.9 Å². The second-order valence-corrected chi connectivity index (χ2v) is 16.1. The molecule has 3 fully saturated rings. The molecular formula is C43H41ClFN5O5. The van der Waals surface area contributed by atoms with Crippen LogP contribution < -0.4 is 10.2 Å². The van der Waals surface area contributed by atoms with Crippen molar-refractivity contribution < 1.29 is 28.1 Å². The molecule has 2 aliphatic heterocycles. The first-order chi connectivity index (χ1) is 26.4. The van der Waals surface area contributed by atoms with Crippen molar-refractivity contribution in [3.8, 4) is 11.1 Å². The number of carbonyl (C=O) groups excluding carboxylic acids is 4. The van der Waals surface area contributed by atoms with E-state index in [1.165, 1.54) is 6.07 Å². The number of rotatable bonds is 9. The van der Waals surface area contributed by atoms with Gasteiger partial charge < -0.3 is 14.3 Å².